The molecule has 0 fully saturated rings. The fraction of sp³-hybridized carbons (Fsp3) is 0.263. The molecule has 2 heterocycles. The molecule has 3 rings (SSSR count). The van der Waals surface area contributed by atoms with E-state index in [0.29, 0.717) is 24.7 Å². The molecule has 0 aliphatic rings. The average molecular weight is 384 g/mol. The van der Waals surface area contributed by atoms with E-state index in [0.717, 1.165) is 17.5 Å². The zero-order valence-corrected chi connectivity index (χ0v) is 15.9. The molecule has 28 heavy (non-hydrogen) atoms. The molecule has 0 aliphatic heterocycles. The Balaban J connectivity index is 1.54. The zero-order valence-electron chi connectivity index (χ0n) is 15.9. The molecule has 0 aliphatic carbocycles. The van der Waals surface area contributed by atoms with Gasteiger partial charge in [0.15, 0.2) is 11.6 Å². The van der Waals surface area contributed by atoms with E-state index >= 15 is 0 Å². The number of rotatable bonds is 7. The molecule has 8 nitrogen and oxygen atoms in total. The molecule has 0 bridgehead atoms. The van der Waals surface area contributed by atoms with Crippen molar-refractivity contribution in [3.63, 3.8) is 0 Å². The molecular weight excluding hydrogens is 363 g/mol. The van der Waals surface area contributed by atoms with Crippen molar-refractivity contribution < 1.29 is 13.9 Å². The molecule has 1 aromatic carbocycles. The summed E-state index contributed by atoms with van der Waals surface area (Å²) in [6.45, 7) is 4.69. The fourth-order valence-corrected chi connectivity index (χ4v) is 2.58. The number of anilines is 1. The normalized spacial score (nSPS) is 10.6. The predicted octanol–water partition coefficient (Wildman–Crippen LogP) is 2.27. The number of hydrogen-bond acceptors (Lipinski definition) is 6. The van der Waals surface area contributed by atoms with Crippen LogP contribution in [0.4, 0.5) is 10.2 Å². The van der Waals surface area contributed by atoms with Crippen LogP contribution in [0, 0.1) is 19.7 Å². The van der Waals surface area contributed by atoms with Gasteiger partial charge in [0, 0.05) is 30.4 Å². The quantitative estimate of drug-likeness (QED) is 0.607. The van der Waals surface area contributed by atoms with Gasteiger partial charge < -0.3 is 15.4 Å². The zero-order chi connectivity index (χ0) is 20.1. The number of halogens is 1. The first-order chi connectivity index (χ1) is 13.5. The number of amides is 1. The highest BCUT2D eigenvalue weighted by Gasteiger charge is 2.10. The lowest BCUT2D eigenvalue weighted by Gasteiger charge is -2.10. The highest BCUT2D eigenvalue weighted by Crippen LogP contribution is 2.17. The molecule has 0 spiro atoms. The Kier molecular flexibility index (Phi) is 5.83. The summed E-state index contributed by atoms with van der Waals surface area (Å²) in [6, 6.07) is 5.88. The average Bonchev–Trinajstić information content (AvgIpc) is 3.04. The number of ether oxygens (including phenoxy) is 1. The molecule has 2 N–H and O–H groups in total. The number of carbonyl (C=O) groups is 1. The first-order valence-electron chi connectivity index (χ1n) is 8.68. The Morgan fingerprint density at radius 1 is 1.18 bits per heavy atom. The van der Waals surface area contributed by atoms with Gasteiger partial charge >= 0.3 is 0 Å². The summed E-state index contributed by atoms with van der Waals surface area (Å²) in [4.78, 5) is 24.8. The van der Waals surface area contributed by atoms with Gasteiger partial charge in [-0.15, -0.1) is 0 Å². The summed E-state index contributed by atoms with van der Waals surface area (Å²) in [5, 5.41) is 5.85. The molecule has 3 aromatic rings. The Morgan fingerprint density at radius 3 is 2.68 bits per heavy atom. The van der Waals surface area contributed by atoms with E-state index in [1.165, 1.54) is 25.6 Å². The third-order valence-corrected chi connectivity index (χ3v) is 4.28. The summed E-state index contributed by atoms with van der Waals surface area (Å²) >= 11 is 0. The third kappa shape index (κ3) is 4.25. The van der Waals surface area contributed by atoms with Crippen molar-refractivity contribution in [1.29, 1.82) is 0 Å². The summed E-state index contributed by atoms with van der Waals surface area (Å²) in [6.07, 6.45) is 3.18. The van der Waals surface area contributed by atoms with E-state index in [2.05, 4.69) is 25.6 Å². The Bertz CT molecular complexity index is 988. The second-order valence-electron chi connectivity index (χ2n) is 6.08. The van der Waals surface area contributed by atoms with Gasteiger partial charge in [0.1, 0.15) is 24.3 Å². The van der Waals surface area contributed by atoms with Crippen LogP contribution in [-0.2, 0) is 0 Å². The van der Waals surface area contributed by atoms with E-state index in [9.17, 15) is 9.18 Å². The van der Waals surface area contributed by atoms with Gasteiger partial charge in [-0.25, -0.2) is 19.3 Å². The van der Waals surface area contributed by atoms with Gasteiger partial charge in [0.2, 0.25) is 0 Å². The van der Waals surface area contributed by atoms with Crippen molar-refractivity contribution in [1.82, 2.24) is 24.8 Å². The standard InChI is InChI=1S/C19H21FN6O2/c1-12-13(2)26(11-25-12)18-9-17(23-10-24-18)21-6-7-22-19(27)14-4-5-16(28-3)15(20)8-14/h4-5,8-11H,6-7H2,1-3H3,(H,22,27)(H,21,23,24). The molecule has 0 saturated carbocycles. The maximum absolute atomic E-state index is 13.7. The van der Waals surface area contributed by atoms with Crippen molar-refractivity contribution in [3.05, 3.63) is 59.7 Å². The molecule has 1 amide bonds. The van der Waals surface area contributed by atoms with E-state index < -0.39 is 5.82 Å². The first-order valence-corrected chi connectivity index (χ1v) is 8.68. The smallest absolute Gasteiger partial charge is 0.251 e. The summed E-state index contributed by atoms with van der Waals surface area (Å²) in [7, 11) is 1.37. The topological polar surface area (TPSA) is 94.0 Å². The number of nitrogens with zero attached hydrogens (tertiary/aromatic N) is 4. The number of hydrogen-bond donors (Lipinski definition) is 2. The lowest BCUT2D eigenvalue weighted by molar-refractivity contribution is 0.0954. The second kappa shape index (κ2) is 8.47. The molecule has 0 unspecified atom stereocenters. The van der Waals surface area contributed by atoms with Crippen LogP contribution in [0.3, 0.4) is 0 Å². The molecule has 9 heteroatoms. The van der Waals surface area contributed by atoms with Gasteiger partial charge in [-0.2, -0.15) is 0 Å². The van der Waals surface area contributed by atoms with Crippen molar-refractivity contribution >= 4 is 11.7 Å². The number of methoxy groups -OCH3 is 1. The van der Waals surface area contributed by atoms with Gasteiger partial charge in [0.25, 0.3) is 5.91 Å². The number of nitrogens with one attached hydrogen (secondary N) is 2. The lowest BCUT2D eigenvalue weighted by atomic mass is 10.2. The second-order valence-corrected chi connectivity index (χ2v) is 6.08. The van der Waals surface area contributed by atoms with Crippen LogP contribution >= 0.6 is 0 Å². The van der Waals surface area contributed by atoms with Crippen LogP contribution in [0.2, 0.25) is 0 Å². The third-order valence-electron chi connectivity index (χ3n) is 4.28. The highest BCUT2D eigenvalue weighted by molar-refractivity contribution is 5.94. The highest BCUT2D eigenvalue weighted by atomic mass is 19.1. The number of aryl methyl sites for hydroxylation is 1. The van der Waals surface area contributed by atoms with Crippen LogP contribution in [0.25, 0.3) is 5.82 Å². The first kappa shape index (κ1) is 19.3. The largest absolute Gasteiger partial charge is 0.494 e. The Hall–Kier alpha value is -3.49. The molecular formula is C19H21FN6O2. The van der Waals surface area contributed by atoms with Crippen molar-refractivity contribution in [2.24, 2.45) is 0 Å². The molecule has 146 valence electrons. The molecule has 0 atom stereocenters. The maximum Gasteiger partial charge on any atom is 0.251 e. The van der Waals surface area contributed by atoms with Crippen LogP contribution < -0.4 is 15.4 Å². The van der Waals surface area contributed by atoms with E-state index in [1.807, 2.05) is 18.4 Å². The summed E-state index contributed by atoms with van der Waals surface area (Å²) in [5.41, 5.74) is 2.17. The van der Waals surface area contributed by atoms with E-state index in [-0.39, 0.29) is 17.2 Å². The van der Waals surface area contributed by atoms with E-state index in [4.69, 9.17) is 4.74 Å². The predicted molar refractivity (Wildman–Crippen MR) is 102 cm³/mol. The van der Waals surface area contributed by atoms with Gasteiger partial charge in [-0.05, 0) is 32.0 Å². The fourth-order valence-electron chi connectivity index (χ4n) is 2.58. The van der Waals surface area contributed by atoms with Gasteiger partial charge in [-0.3, -0.25) is 9.36 Å². The van der Waals surface area contributed by atoms with Crippen LogP contribution in [-0.4, -0.2) is 45.6 Å². The minimum absolute atomic E-state index is 0.0982. The summed E-state index contributed by atoms with van der Waals surface area (Å²) < 4.78 is 20.4. The maximum atomic E-state index is 13.7. The number of aromatic nitrogens is 4. The van der Waals surface area contributed by atoms with Crippen molar-refractivity contribution in [2.75, 3.05) is 25.5 Å². The summed E-state index contributed by atoms with van der Waals surface area (Å²) in [5.74, 6) is 0.484. The minimum atomic E-state index is -0.577. The molecule has 0 saturated heterocycles. The lowest BCUT2D eigenvalue weighted by Crippen LogP contribution is -2.29. The number of benzene rings is 1. The van der Waals surface area contributed by atoms with Gasteiger partial charge in [0.05, 0.1) is 12.8 Å². The number of carbonyl (C=O) groups excluding carboxylic acids is 1. The number of imidazole rings is 1. The van der Waals surface area contributed by atoms with Crippen LogP contribution in [0.5, 0.6) is 5.75 Å². The van der Waals surface area contributed by atoms with Gasteiger partial charge in [-0.1, -0.05) is 0 Å². The Labute approximate surface area is 161 Å². The van der Waals surface area contributed by atoms with Crippen LogP contribution in [0.1, 0.15) is 21.7 Å². The van der Waals surface area contributed by atoms with Crippen molar-refractivity contribution in [2.45, 2.75) is 13.8 Å². The molecule has 0 radical (unpaired) electrons. The van der Waals surface area contributed by atoms with E-state index in [1.54, 1.807) is 12.4 Å². The Morgan fingerprint density at radius 2 is 2.00 bits per heavy atom. The SMILES string of the molecule is COc1ccc(C(=O)NCCNc2cc(-n3cnc(C)c3C)ncn2)cc1F. The molecule has 2 aromatic heterocycles. The monoisotopic (exact) mass is 384 g/mol. The minimum Gasteiger partial charge on any atom is -0.494 e. The van der Waals surface area contributed by atoms with Crippen molar-refractivity contribution in [3.8, 4) is 11.6 Å². The van der Waals surface area contributed by atoms with Crippen LogP contribution in [0.15, 0.2) is 36.9 Å².